The second-order valence-corrected chi connectivity index (χ2v) is 5.16. The van der Waals surface area contributed by atoms with Crippen LogP contribution in [0.3, 0.4) is 0 Å². The largest absolute Gasteiger partial charge is 0.376 e. The molecule has 94 valence electrons. The molecule has 1 saturated heterocycles. The van der Waals surface area contributed by atoms with Gasteiger partial charge in [0.05, 0.1) is 19.8 Å². The number of ether oxygens (including phenoxy) is 2. The van der Waals surface area contributed by atoms with E-state index in [0.717, 1.165) is 6.42 Å². The number of hydrogen-bond donors (Lipinski definition) is 1. The Hall–Kier alpha value is -0.910. The molecule has 0 radical (unpaired) electrons. The molecule has 0 aliphatic carbocycles. The number of hydrogen-bond acceptors (Lipinski definition) is 4. The first-order valence-corrected chi connectivity index (χ1v) is 6.66. The molecular weight excluding hydrogens is 238 g/mol. The van der Waals surface area contributed by atoms with Gasteiger partial charge < -0.3 is 14.8 Å². The van der Waals surface area contributed by atoms with Gasteiger partial charge in [-0.1, -0.05) is 6.07 Å². The van der Waals surface area contributed by atoms with E-state index in [1.807, 2.05) is 18.4 Å². The van der Waals surface area contributed by atoms with Crippen LogP contribution in [0.2, 0.25) is 0 Å². The Balaban J connectivity index is 1.77. The molecule has 2 atom stereocenters. The summed E-state index contributed by atoms with van der Waals surface area (Å²) in [6.45, 7) is 3.44. The Bertz CT molecular complexity index is 347. The summed E-state index contributed by atoms with van der Waals surface area (Å²) >= 11 is 1.71. The van der Waals surface area contributed by atoms with E-state index < -0.39 is 6.10 Å². The summed E-state index contributed by atoms with van der Waals surface area (Å²) in [5.74, 6) is -0.0752. The fraction of sp³-hybridized carbons (Fsp3) is 0.583. The van der Waals surface area contributed by atoms with E-state index in [1.54, 1.807) is 11.3 Å². The molecule has 1 aliphatic heterocycles. The number of thiophene rings is 1. The van der Waals surface area contributed by atoms with Gasteiger partial charge in [-0.15, -0.1) is 11.3 Å². The highest BCUT2D eigenvalue weighted by molar-refractivity contribution is 7.09. The maximum absolute atomic E-state index is 11.8. The van der Waals surface area contributed by atoms with Gasteiger partial charge in [0.15, 0.2) is 6.10 Å². The molecule has 1 N–H and O–H groups in total. The van der Waals surface area contributed by atoms with E-state index in [1.165, 1.54) is 4.88 Å². The van der Waals surface area contributed by atoms with Crippen molar-refractivity contribution in [2.24, 2.45) is 0 Å². The molecule has 1 aliphatic rings. The summed E-state index contributed by atoms with van der Waals surface area (Å²) < 4.78 is 10.5. The van der Waals surface area contributed by atoms with Crippen molar-refractivity contribution in [1.29, 1.82) is 0 Å². The van der Waals surface area contributed by atoms with Crippen molar-refractivity contribution in [1.82, 2.24) is 5.32 Å². The maximum Gasteiger partial charge on any atom is 0.251 e. The fourth-order valence-electron chi connectivity index (χ4n) is 1.76. The molecule has 0 bridgehead atoms. The van der Waals surface area contributed by atoms with E-state index in [2.05, 4.69) is 11.4 Å². The number of amides is 1. The van der Waals surface area contributed by atoms with Crippen molar-refractivity contribution < 1.29 is 14.3 Å². The SMILES string of the molecule is C[C@H](Cc1cccs1)NC(=O)[C@@H]1COCCO1. The molecular formula is C12H17NO3S. The highest BCUT2D eigenvalue weighted by Gasteiger charge is 2.23. The minimum Gasteiger partial charge on any atom is -0.376 e. The second kappa shape index (κ2) is 6.14. The highest BCUT2D eigenvalue weighted by atomic mass is 32.1. The van der Waals surface area contributed by atoms with Crippen LogP contribution in [-0.2, 0) is 20.7 Å². The first-order valence-electron chi connectivity index (χ1n) is 5.78. The molecule has 4 nitrogen and oxygen atoms in total. The monoisotopic (exact) mass is 255 g/mol. The van der Waals surface area contributed by atoms with Gasteiger partial charge in [-0.3, -0.25) is 4.79 Å². The summed E-state index contributed by atoms with van der Waals surface area (Å²) in [5, 5.41) is 4.99. The fourth-order valence-corrected chi connectivity index (χ4v) is 2.59. The standard InChI is InChI=1S/C12H17NO3S/c1-9(7-10-3-2-6-17-10)13-12(14)11-8-15-4-5-16-11/h2-3,6,9,11H,4-5,7-8H2,1H3,(H,13,14)/t9-,11+/m1/s1. The van der Waals surface area contributed by atoms with Crippen LogP contribution in [0.25, 0.3) is 0 Å². The highest BCUT2D eigenvalue weighted by Crippen LogP contribution is 2.11. The van der Waals surface area contributed by atoms with Crippen LogP contribution in [0.5, 0.6) is 0 Å². The van der Waals surface area contributed by atoms with Gasteiger partial charge in [0.2, 0.25) is 0 Å². The summed E-state index contributed by atoms with van der Waals surface area (Å²) in [6, 6.07) is 4.21. The lowest BCUT2D eigenvalue weighted by Crippen LogP contribution is -2.46. The third kappa shape index (κ3) is 3.80. The lowest BCUT2D eigenvalue weighted by molar-refractivity contribution is -0.148. The third-order valence-electron chi connectivity index (χ3n) is 2.58. The minimum atomic E-state index is -0.450. The lowest BCUT2D eigenvalue weighted by Gasteiger charge is -2.23. The molecule has 1 amide bonds. The number of nitrogens with one attached hydrogen (secondary N) is 1. The van der Waals surface area contributed by atoms with Crippen LogP contribution in [0.15, 0.2) is 17.5 Å². The van der Waals surface area contributed by atoms with Gasteiger partial charge in [-0.25, -0.2) is 0 Å². The average molecular weight is 255 g/mol. The van der Waals surface area contributed by atoms with Crippen LogP contribution < -0.4 is 5.32 Å². The predicted molar refractivity (Wildman–Crippen MR) is 66.2 cm³/mol. The van der Waals surface area contributed by atoms with Crippen LogP contribution >= 0.6 is 11.3 Å². The molecule has 2 heterocycles. The number of rotatable bonds is 4. The van der Waals surface area contributed by atoms with Gasteiger partial charge in [0, 0.05) is 17.3 Å². The van der Waals surface area contributed by atoms with Crippen LogP contribution in [-0.4, -0.2) is 37.9 Å². The van der Waals surface area contributed by atoms with Crippen molar-refractivity contribution in [3.8, 4) is 0 Å². The Morgan fingerprint density at radius 2 is 2.53 bits per heavy atom. The van der Waals surface area contributed by atoms with Crippen LogP contribution in [0.4, 0.5) is 0 Å². The summed E-state index contributed by atoms with van der Waals surface area (Å²) in [4.78, 5) is 13.1. The van der Waals surface area contributed by atoms with Gasteiger partial charge >= 0.3 is 0 Å². The third-order valence-corrected chi connectivity index (χ3v) is 3.48. The number of carbonyl (C=O) groups is 1. The van der Waals surface area contributed by atoms with E-state index in [9.17, 15) is 4.79 Å². The van der Waals surface area contributed by atoms with E-state index >= 15 is 0 Å². The van der Waals surface area contributed by atoms with Crippen LogP contribution in [0.1, 0.15) is 11.8 Å². The molecule has 0 aromatic carbocycles. The molecule has 0 saturated carbocycles. The molecule has 2 rings (SSSR count). The van der Waals surface area contributed by atoms with Gasteiger partial charge in [-0.2, -0.15) is 0 Å². The molecule has 17 heavy (non-hydrogen) atoms. The van der Waals surface area contributed by atoms with Crippen molar-refractivity contribution >= 4 is 17.2 Å². The number of carbonyl (C=O) groups excluding carboxylic acids is 1. The Labute approximate surface area is 105 Å². The van der Waals surface area contributed by atoms with Crippen molar-refractivity contribution in [2.45, 2.75) is 25.5 Å². The summed E-state index contributed by atoms with van der Waals surface area (Å²) in [7, 11) is 0. The molecule has 0 unspecified atom stereocenters. The average Bonchev–Trinajstić information content (AvgIpc) is 2.82. The zero-order valence-electron chi connectivity index (χ0n) is 9.85. The molecule has 1 aromatic heterocycles. The summed E-state index contributed by atoms with van der Waals surface area (Å²) in [6.07, 6.45) is 0.409. The zero-order chi connectivity index (χ0) is 12.1. The lowest BCUT2D eigenvalue weighted by atomic mass is 10.2. The normalized spacial score (nSPS) is 22.1. The van der Waals surface area contributed by atoms with Gasteiger partial charge in [0.25, 0.3) is 5.91 Å². The molecule has 5 heteroatoms. The van der Waals surface area contributed by atoms with E-state index in [4.69, 9.17) is 9.47 Å². The van der Waals surface area contributed by atoms with Crippen molar-refractivity contribution in [3.05, 3.63) is 22.4 Å². The molecule has 0 spiro atoms. The minimum absolute atomic E-state index is 0.0752. The second-order valence-electron chi connectivity index (χ2n) is 4.13. The zero-order valence-corrected chi connectivity index (χ0v) is 10.7. The summed E-state index contributed by atoms with van der Waals surface area (Å²) in [5.41, 5.74) is 0. The Morgan fingerprint density at radius 3 is 3.18 bits per heavy atom. The maximum atomic E-state index is 11.8. The molecule has 1 fully saturated rings. The molecule has 1 aromatic rings. The van der Waals surface area contributed by atoms with E-state index in [0.29, 0.717) is 19.8 Å². The topological polar surface area (TPSA) is 47.6 Å². The first kappa shape index (κ1) is 12.5. The Kier molecular flexibility index (Phi) is 4.53. The smallest absolute Gasteiger partial charge is 0.251 e. The van der Waals surface area contributed by atoms with Gasteiger partial charge in [0.1, 0.15) is 0 Å². The first-order chi connectivity index (χ1) is 8.25. The van der Waals surface area contributed by atoms with Gasteiger partial charge in [-0.05, 0) is 18.4 Å². The van der Waals surface area contributed by atoms with E-state index in [-0.39, 0.29) is 11.9 Å². The van der Waals surface area contributed by atoms with Crippen LogP contribution in [0, 0.1) is 0 Å². The predicted octanol–water partition coefficient (Wildman–Crippen LogP) is 1.21. The van der Waals surface area contributed by atoms with Crippen molar-refractivity contribution in [3.63, 3.8) is 0 Å². The Morgan fingerprint density at radius 1 is 1.65 bits per heavy atom. The van der Waals surface area contributed by atoms with Crippen molar-refractivity contribution in [2.75, 3.05) is 19.8 Å². The quantitative estimate of drug-likeness (QED) is 0.879.